The fourth-order valence-corrected chi connectivity index (χ4v) is 9.05. The van der Waals surface area contributed by atoms with E-state index in [2.05, 4.69) is 114 Å². The molecular formula is C30H38SiZr. The maximum absolute atomic E-state index is 3.36. The Morgan fingerprint density at radius 1 is 0.906 bits per heavy atom. The van der Waals surface area contributed by atoms with Crippen molar-refractivity contribution in [3.63, 3.8) is 0 Å². The van der Waals surface area contributed by atoms with E-state index in [9.17, 15) is 0 Å². The van der Waals surface area contributed by atoms with Gasteiger partial charge in [0.1, 0.15) is 0 Å². The predicted molar refractivity (Wildman–Crippen MR) is 141 cm³/mol. The van der Waals surface area contributed by atoms with Gasteiger partial charge < -0.3 is 0 Å². The smallest absolute Gasteiger partial charge is 0.0623 e. The van der Waals surface area contributed by atoms with E-state index >= 15 is 0 Å². The summed E-state index contributed by atoms with van der Waals surface area (Å²) in [4.78, 5) is 0. The summed E-state index contributed by atoms with van der Waals surface area (Å²) in [6.45, 7) is 13.3. The van der Waals surface area contributed by atoms with Crippen molar-refractivity contribution in [3.05, 3.63) is 89.5 Å². The number of benzene rings is 2. The molecule has 4 rings (SSSR count). The second kappa shape index (κ2) is 14.0. The standard InChI is InChI=1S/C15H11.C9H13.C6H14Si.Zr/c1-2-6-12(7-3-1)15-11-10-13-8-4-5-9-14(13)15;1-6-5-7(2)9(4)8(6)3;1-3-5-7-6-4-2;/h1-11H;6H,1-4H3;3-6H2,1-2H3;/q2*-1;;+2. The molecule has 166 valence electrons. The van der Waals surface area contributed by atoms with Crippen LogP contribution in [0.15, 0.2) is 83.4 Å². The van der Waals surface area contributed by atoms with Crippen molar-refractivity contribution < 1.29 is 23.3 Å². The number of allylic oxidation sites excluding steroid dienone is 4. The van der Waals surface area contributed by atoms with Gasteiger partial charge in [0.05, 0.1) is 0 Å². The normalized spacial score (nSPS) is 15.0. The summed E-state index contributed by atoms with van der Waals surface area (Å²) in [6.07, 6.45) is 6.19. The summed E-state index contributed by atoms with van der Waals surface area (Å²) in [6, 6.07) is 26.5. The number of rotatable bonds is 5. The first kappa shape index (κ1) is 26.9. The van der Waals surface area contributed by atoms with Gasteiger partial charge in [-0.3, -0.25) is 6.08 Å². The molecule has 2 heteroatoms. The molecule has 0 nitrogen and oxygen atoms in total. The average molecular weight is 518 g/mol. The summed E-state index contributed by atoms with van der Waals surface area (Å²) >= 11 is 1.84. The summed E-state index contributed by atoms with van der Waals surface area (Å²) in [5.74, 6) is 0.560. The first-order valence-corrected chi connectivity index (χ1v) is 17.5. The molecule has 3 aromatic rings. The molecule has 0 amide bonds. The minimum Gasteiger partial charge on any atom is -0.150 e. The van der Waals surface area contributed by atoms with Gasteiger partial charge >= 0.3 is 67.5 Å². The van der Waals surface area contributed by atoms with E-state index < -0.39 is 0 Å². The Balaban J connectivity index is 0.000000185. The summed E-state index contributed by atoms with van der Waals surface area (Å²) < 4.78 is 0. The summed E-state index contributed by atoms with van der Waals surface area (Å²) in [7, 11) is 0. The maximum Gasteiger partial charge on any atom is -0.0623 e. The number of hydrogen-bond donors (Lipinski definition) is 0. The van der Waals surface area contributed by atoms with Gasteiger partial charge in [-0.25, -0.2) is 5.57 Å². The Morgan fingerprint density at radius 2 is 1.50 bits per heavy atom. The molecule has 1 aliphatic carbocycles. The van der Waals surface area contributed by atoms with E-state index in [1.807, 2.05) is 23.3 Å². The van der Waals surface area contributed by atoms with Crippen molar-refractivity contribution in [3.8, 4) is 11.1 Å². The third-order valence-electron chi connectivity index (χ3n) is 6.11. The van der Waals surface area contributed by atoms with Crippen LogP contribution in [-0.4, -0.2) is 5.43 Å². The van der Waals surface area contributed by atoms with Gasteiger partial charge in [-0.1, -0.05) is 68.7 Å². The van der Waals surface area contributed by atoms with E-state index in [1.54, 1.807) is 12.1 Å². The fraction of sp³-hybridized carbons (Fsp3) is 0.367. The Labute approximate surface area is 211 Å². The molecule has 0 aromatic heterocycles. The molecule has 0 radical (unpaired) electrons. The molecule has 0 spiro atoms. The minimum absolute atomic E-state index is 0.199. The molecule has 1 atom stereocenters. The Hall–Kier alpha value is -1.37. The first-order valence-electron chi connectivity index (χ1n) is 11.9. The van der Waals surface area contributed by atoms with E-state index in [0.717, 1.165) is 0 Å². The van der Waals surface area contributed by atoms with Gasteiger partial charge in [-0.05, 0) is 0 Å². The molecule has 0 saturated carbocycles. The maximum atomic E-state index is 3.36. The van der Waals surface area contributed by atoms with Crippen LogP contribution < -0.4 is 0 Å². The molecule has 0 aliphatic heterocycles. The van der Waals surface area contributed by atoms with Crippen molar-refractivity contribution in [2.45, 2.75) is 66.5 Å². The van der Waals surface area contributed by atoms with Crippen molar-refractivity contribution >= 4 is 16.2 Å². The number of fused-ring (bicyclic) bond motifs is 1. The molecular weight excluding hydrogens is 480 g/mol. The molecule has 3 aromatic carbocycles. The van der Waals surface area contributed by atoms with Gasteiger partial charge in [0.25, 0.3) is 0 Å². The van der Waals surface area contributed by atoms with E-state index in [1.165, 1.54) is 51.5 Å². The van der Waals surface area contributed by atoms with Gasteiger partial charge in [-0.15, -0.1) is 53.6 Å². The monoisotopic (exact) mass is 516 g/mol. The third-order valence-corrected chi connectivity index (χ3v) is 12.0. The molecule has 0 saturated heterocycles. The number of hydrogen-bond acceptors (Lipinski definition) is 0. The van der Waals surface area contributed by atoms with Crippen LogP contribution in [0.25, 0.3) is 21.9 Å². The van der Waals surface area contributed by atoms with Crippen molar-refractivity contribution in [2.24, 2.45) is 5.92 Å². The molecule has 1 unspecified atom stereocenters. The van der Waals surface area contributed by atoms with Crippen LogP contribution in [0.5, 0.6) is 0 Å². The van der Waals surface area contributed by atoms with Crippen molar-refractivity contribution in [2.75, 3.05) is 0 Å². The van der Waals surface area contributed by atoms with Crippen molar-refractivity contribution in [1.29, 1.82) is 0 Å². The molecule has 0 fully saturated rings. The van der Waals surface area contributed by atoms with Crippen LogP contribution in [0.1, 0.15) is 54.4 Å². The molecule has 32 heavy (non-hydrogen) atoms. The first-order chi connectivity index (χ1) is 15.4. The molecule has 1 aliphatic rings. The van der Waals surface area contributed by atoms with Gasteiger partial charge in [0.15, 0.2) is 0 Å². The quantitative estimate of drug-likeness (QED) is 0.234. The Kier molecular flexibility index (Phi) is 11.8. The SMILES string of the molecule is CC1=[C-]C(C)C(C)=C1C.CCC[Si](=[Zr+2])CCC.c1ccc(-c2c[cH-]c3ccccc23)cc1. The van der Waals surface area contributed by atoms with Crippen LogP contribution in [0.4, 0.5) is 0 Å². The van der Waals surface area contributed by atoms with Crippen molar-refractivity contribution in [1.82, 2.24) is 0 Å². The van der Waals surface area contributed by atoms with Gasteiger partial charge in [0, 0.05) is 0 Å². The zero-order valence-electron chi connectivity index (χ0n) is 20.8. The van der Waals surface area contributed by atoms with E-state index in [4.69, 9.17) is 0 Å². The fourth-order valence-electron chi connectivity index (χ4n) is 3.91. The summed E-state index contributed by atoms with van der Waals surface area (Å²) in [5.41, 5.74) is 7.06. The van der Waals surface area contributed by atoms with Crippen LogP contribution in [0.3, 0.4) is 0 Å². The van der Waals surface area contributed by atoms with Crippen LogP contribution in [0.2, 0.25) is 12.1 Å². The second-order valence-corrected chi connectivity index (χ2v) is 16.0. The van der Waals surface area contributed by atoms with E-state index in [-0.39, 0.29) is 5.43 Å². The zero-order chi connectivity index (χ0) is 23.5. The topological polar surface area (TPSA) is 0 Å². The van der Waals surface area contributed by atoms with Gasteiger partial charge in [-0.2, -0.15) is 11.1 Å². The second-order valence-electron chi connectivity index (χ2n) is 8.60. The van der Waals surface area contributed by atoms with Crippen LogP contribution in [-0.2, 0) is 23.3 Å². The third kappa shape index (κ3) is 7.89. The molecule has 0 N–H and O–H groups in total. The average Bonchev–Trinajstić information content (AvgIpc) is 3.32. The van der Waals surface area contributed by atoms with Crippen LogP contribution >= 0.6 is 0 Å². The minimum atomic E-state index is 0.199. The Bertz CT molecular complexity index is 1040. The Morgan fingerprint density at radius 3 is 2.00 bits per heavy atom. The van der Waals surface area contributed by atoms with E-state index in [0.29, 0.717) is 5.92 Å². The van der Waals surface area contributed by atoms with Crippen LogP contribution in [0, 0.1) is 12.0 Å². The molecule has 0 bridgehead atoms. The predicted octanol–water partition coefficient (Wildman–Crippen LogP) is 9.29. The molecule has 0 heterocycles. The summed E-state index contributed by atoms with van der Waals surface area (Å²) in [5, 5.41) is 2.65. The zero-order valence-corrected chi connectivity index (χ0v) is 24.2. The van der Waals surface area contributed by atoms with Gasteiger partial charge in [0.2, 0.25) is 0 Å². The largest absolute Gasteiger partial charge is 0.150 e.